The summed E-state index contributed by atoms with van der Waals surface area (Å²) in [4.78, 5) is 29.3. The van der Waals surface area contributed by atoms with Gasteiger partial charge in [0.1, 0.15) is 11.6 Å². The minimum absolute atomic E-state index is 0.112. The molecule has 132 valence electrons. The van der Waals surface area contributed by atoms with Crippen molar-refractivity contribution in [3.05, 3.63) is 52.1 Å². The fraction of sp³-hybridized carbons (Fsp3) is 0.235. The van der Waals surface area contributed by atoms with E-state index in [0.717, 1.165) is 5.56 Å². The number of aryl methyl sites for hydroxylation is 1. The summed E-state index contributed by atoms with van der Waals surface area (Å²) in [7, 11) is 1.52. The van der Waals surface area contributed by atoms with Crippen molar-refractivity contribution in [2.75, 3.05) is 25.5 Å². The number of aromatic nitrogens is 1. The van der Waals surface area contributed by atoms with Crippen LogP contribution in [0, 0.1) is 6.92 Å². The second-order valence-corrected chi connectivity index (χ2v) is 6.20. The lowest BCUT2D eigenvalue weighted by molar-refractivity contribution is -0.135. The molecule has 1 heterocycles. The van der Waals surface area contributed by atoms with E-state index < -0.39 is 0 Å². The molecule has 1 aromatic carbocycles. The SMILES string of the molecule is Cc1ccnc(NC(=O)CN(C)C(=O)COc2ccc(Cl)c(Cl)c2)c1. The number of hydrogen-bond donors (Lipinski definition) is 1. The van der Waals surface area contributed by atoms with Gasteiger partial charge in [-0.25, -0.2) is 4.98 Å². The van der Waals surface area contributed by atoms with Crippen molar-refractivity contribution in [1.29, 1.82) is 0 Å². The standard InChI is InChI=1S/C17H17Cl2N3O3/c1-11-5-6-20-15(7-11)21-16(23)9-22(2)17(24)10-25-12-3-4-13(18)14(19)8-12/h3-8H,9-10H2,1-2H3,(H,20,21,23). The van der Waals surface area contributed by atoms with Crippen LogP contribution in [0.25, 0.3) is 0 Å². The Kier molecular flexibility index (Phi) is 6.61. The Morgan fingerprint density at radius 2 is 1.96 bits per heavy atom. The summed E-state index contributed by atoms with van der Waals surface area (Å²) < 4.78 is 5.36. The Morgan fingerprint density at radius 1 is 1.20 bits per heavy atom. The van der Waals surface area contributed by atoms with Crippen LogP contribution in [0.2, 0.25) is 10.0 Å². The molecule has 8 heteroatoms. The van der Waals surface area contributed by atoms with Crippen molar-refractivity contribution >= 4 is 40.8 Å². The van der Waals surface area contributed by atoms with Gasteiger partial charge in [0.2, 0.25) is 5.91 Å². The molecular formula is C17H17Cl2N3O3. The van der Waals surface area contributed by atoms with E-state index in [4.69, 9.17) is 27.9 Å². The number of anilines is 1. The first-order chi connectivity index (χ1) is 11.8. The molecule has 0 spiro atoms. The molecule has 2 rings (SSSR count). The molecule has 0 fully saturated rings. The molecule has 1 N–H and O–H groups in total. The van der Waals surface area contributed by atoms with Crippen LogP contribution in [-0.4, -0.2) is 41.9 Å². The maximum absolute atomic E-state index is 12.1. The number of benzene rings is 1. The largest absolute Gasteiger partial charge is 0.484 e. The Morgan fingerprint density at radius 3 is 2.64 bits per heavy atom. The van der Waals surface area contributed by atoms with Crippen molar-refractivity contribution in [2.45, 2.75) is 6.92 Å². The van der Waals surface area contributed by atoms with E-state index in [9.17, 15) is 9.59 Å². The number of amides is 2. The van der Waals surface area contributed by atoms with Gasteiger partial charge in [-0.2, -0.15) is 0 Å². The molecule has 0 saturated carbocycles. The minimum Gasteiger partial charge on any atom is -0.484 e. The summed E-state index contributed by atoms with van der Waals surface area (Å²) in [5.41, 5.74) is 0.977. The van der Waals surface area contributed by atoms with Crippen LogP contribution in [0.1, 0.15) is 5.56 Å². The number of likely N-dealkylation sites (N-methyl/N-ethyl adjacent to an activating group) is 1. The fourth-order valence-corrected chi connectivity index (χ4v) is 2.20. The topological polar surface area (TPSA) is 71.5 Å². The van der Waals surface area contributed by atoms with Gasteiger partial charge in [0.05, 0.1) is 16.6 Å². The molecule has 0 atom stereocenters. The molecule has 2 amide bonds. The third-order valence-electron chi connectivity index (χ3n) is 3.24. The maximum atomic E-state index is 12.1. The van der Waals surface area contributed by atoms with Gasteiger partial charge in [0, 0.05) is 19.3 Å². The molecule has 2 aromatic rings. The zero-order chi connectivity index (χ0) is 18.4. The molecule has 25 heavy (non-hydrogen) atoms. The van der Waals surface area contributed by atoms with E-state index in [1.807, 2.05) is 13.0 Å². The third kappa shape index (κ3) is 5.92. The summed E-state index contributed by atoms with van der Waals surface area (Å²) in [6.07, 6.45) is 1.60. The van der Waals surface area contributed by atoms with Crippen LogP contribution >= 0.6 is 23.2 Å². The monoisotopic (exact) mass is 381 g/mol. The zero-order valence-electron chi connectivity index (χ0n) is 13.8. The first-order valence-electron chi connectivity index (χ1n) is 7.39. The summed E-state index contributed by atoms with van der Waals surface area (Å²) in [6.45, 7) is 1.57. The van der Waals surface area contributed by atoms with Crippen LogP contribution in [0.3, 0.4) is 0 Å². The molecule has 0 aliphatic heterocycles. The van der Waals surface area contributed by atoms with E-state index in [-0.39, 0.29) is 25.0 Å². The number of ether oxygens (including phenoxy) is 1. The van der Waals surface area contributed by atoms with Gasteiger partial charge in [-0.1, -0.05) is 23.2 Å². The normalized spacial score (nSPS) is 10.2. The lowest BCUT2D eigenvalue weighted by Gasteiger charge is -2.17. The van der Waals surface area contributed by atoms with Gasteiger partial charge in [-0.3, -0.25) is 9.59 Å². The first kappa shape index (κ1) is 19.0. The lowest BCUT2D eigenvalue weighted by atomic mass is 10.3. The molecule has 0 aliphatic rings. The lowest BCUT2D eigenvalue weighted by Crippen LogP contribution is -2.37. The highest BCUT2D eigenvalue weighted by Crippen LogP contribution is 2.26. The number of hydrogen-bond acceptors (Lipinski definition) is 4. The molecular weight excluding hydrogens is 365 g/mol. The number of nitrogens with zero attached hydrogens (tertiary/aromatic N) is 2. The number of nitrogens with one attached hydrogen (secondary N) is 1. The highest BCUT2D eigenvalue weighted by atomic mass is 35.5. The Balaban J connectivity index is 1.82. The average Bonchev–Trinajstić information content (AvgIpc) is 2.55. The summed E-state index contributed by atoms with van der Waals surface area (Å²) in [5.74, 6) is 0.171. The van der Waals surface area contributed by atoms with Gasteiger partial charge in [0.15, 0.2) is 6.61 Å². The van der Waals surface area contributed by atoms with Crippen LogP contribution in [0.4, 0.5) is 5.82 Å². The molecule has 0 aliphatic carbocycles. The van der Waals surface area contributed by atoms with Gasteiger partial charge >= 0.3 is 0 Å². The number of rotatable bonds is 6. The van der Waals surface area contributed by atoms with Crippen molar-refractivity contribution in [2.24, 2.45) is 0 Å². The predicted molar refractivity (Wildman–Crippen MR) is 97.2 cm³/mol. The van der Waals surface area contributed by atoms with Crippen LogP contribution in [0.15, 0.2) is 36.5 Å². The van der Waals surface area contributed by atoms with Gasteiger partial charge in [-0.15, -0.1) is 0 Å². The molecule has 1 aromatic heterocycles. The van der Waals surface area contributed by atoms with Crippen LogP contribution < -0.4 is 10.1 Å². The van der Waals surface area contributed by atoms with Crippen molar-refractivity contribution in [3.63, 3.8) is 0 Å². The minimum atomic E-state index is -0.349. The van der Waals surface area contributed by atoms with Crippen molar-refractivity contribution < 1.29 is 14.3 Å². The van der Waals surface area contributed by atoms with E-state index in [1.165, 1.54) is 18.0 Å². The van der Waals surface area contributed by atoms with Crippen molar-refractivity contribution in [3.8, 4) is 5.75 Å². The third-order valence-corrected chi connectivity index (χ3v) is 3.98. The number of halogens is 2. The highest BCUT2D eigenvalue weighted by molar-refractivity contribution is 6.42. The smallest absolute Gasteiger partial charge is 0.260 e. The van der Waals surface area contributed by atoms with Gasteiger partial charge in [-0.05, 0) is 36.8 Å². The fourth-order valence-electron chi connectivity index (χ4n) is 1.91. The molecule has 0 radical (unpaired) electrons. The molecule has 0 saturated heterocycles. The Labute approximate surface area is 155 Å². The van der Waals surface area contributed by atoms with E-state index in [1.54, 1.807) is 24.4 Å². The number of carbonyl (C=O) groups is 2. The second kappa shape index (κ2) is 8.69. The molecule has 6 nitrogen and oxygen atoms in total. The zero-order valence-corrected chi connectivity index (χ0v) is 15.3. The summed E-state index contributed by atoms with van der Waals surface area (Å²) in [5, 5.41) is 3.38. The highest BCUT2D eigenvalue weighted by Gasteiger charge is 2.14. The maximum Gasteiger partial charge on any atom is 0.260 e. The summed E-state index contributed by atoms with van der Waals surface area (Å²) in [6, 6.07) is 8.28. The van der Waals surface area contributed by atoms with Crippen LogP contribution in [0.5, 0.6) is 5.75 Å². The Hall–Kier alpha value is -2.31. The predicted octanol–water partition coefficient (Wildman–Crippen LogP) is 3.17. The second-order valence-electron chi connectivity index (χ2n) is 5.38. The van der Waals surface area contributed by atoms with E-state index in [2.05, 4.69) is 10.3 Å². The molecule has 0 unspecified atom stereocenters. The van der Waals surface area contributed by atoms with Gasteiger partial charge in [0.25, 0.3) is 5.91 Å². The quantitative estimate of drug-likeness (QED) is 0.833. The van der Waals surface area contributed by atoms with E-state index in [0.29, 0.717) is 21.6 Å². The molecule has 0 bridgehead atoms. The van der Waals surface area contributed by atoms with Crippen LogP contribution in [-0.2, 0) is 9.59 Å². The van der Waals surface area contributed by atoms with Gasteiger partial charge < -0.3 is 15.0 Å². The Bertz CT molecular complexity index is 783. The first-order valence-corrected chi connectivity index (χ1v) is 8.15. The number of pyridine rings is 1. The number of carbonyl (C=O) groups excluding carboxylic acids is 2. The van der Waals surface area contributed by atoms with Crippen molar-refractivity contribution in [1.82, 2.24) is 9.88 Å². The van der Waals surface area contributed by atoms with E-state index >= 15 is 0 Å². The summed E-state index contributed by atoms with van der Waals surface area (Å²) >= 11 is 11.7. The average molecular weight is 382 g/mol.